The Kier molecular flexibility index (Phi) is 8.35. The van der Waals surface area contributed by atoms with E-state index in [9.17, 15) is 4.79 Å². The van der Waals surface area contributed by atoms with Gasteiger partial charge in [-0.3, -0.25) is 9.69 Å². The summed E-state index contributed by atoms with van der Waals surface area (Å²) < 4.78 is 11.0. The van der Waals surface area contributed by atoms with Crippen LogP contribution >= 0.6 is 0 Å². The van der Waals surface area contributed by atoms with Crippen LogP contribution in [0.5, 0.6) is 11.5 Å². The third-order valence-corrected chi connectivity index (χ3v) is 6.26. The average molecular weight is 425 g/mol. The van der Waals surface area contributed by atoms with E-state index in [0.717, 1.165) is 49.9 Å². The number of aryl methyl sites for hydroxylation is 1. The molecule has 168 valence electrons. The van der Waals surface area contributed by atoms with E-state index in [1.54, 1.807) is 19.1 Å². The van der Waals surface area contributed by atoms with Gasteiger partial charge in [-0.1, -0.05) is 36.4 Å². The molecule has 2 aromatic carbocycles. The number of benzene rings is 2. The summed E-state index contributed by atoms with van der Waals surface area (Å²) in [6.45, 7) is 3.11. The van der Waals surface area contributed by atoms with Crippen LogP contribution in [-0.4, -0.2) is 57.1 Å². The van der Waals surface area contributed by atoms with Gasteiger partial charge < -0.3 is 14.4 Å². The molecule has 1 amide bonds. The van der Waals surface area contributed by atoms with Crippen LogP contribution in [0.25, 0.3) is 0 Å². The number of para-hydroxylation sites is 1. The Balaban J connectivity index is 1.47. The monoisotopic (exact) mass is 424 g/mol. The lowest BCUT2D eigenvalue weighted by Gasteiger charge is -2.32. The summed E-state index contributed by atoms with van der Waals surface area (Å²) in [5, 5.41) is 0. The summed E-state index contributed by atoms with van der Waals surface area (Å²) in [6, 6.07) is 14.9. The number of methoxy groups -OCH3 is 2. The summed E-state index contributed by atoms with van der Waals surface area (Å²) in [5.74, 6) is 2.55. The van der Waals surface area contributed by atoms with Crippen molar-refractivity contribution in [3.63, 3.8) is 0 Å². The van der Waals surface area contributed by atoms with Crippen molar-refractivity contribution >= 4 is 5.91 Å². The van der Waals surface area contributed by atoms with Crippen LogP contribution in [0.15, 0.2) is 42.5 Å². The topological polar surface area (TPSA) is 42.0 Å². The Morgan fingerprint density at radius 1 is 1.00 bits per heavy atom. The lowest BCUT2D eigenvalue weighted by atomic mass is 9.89. The predicted octanol–water partition coefficient (Wildman–Crippen LogP) is 4.18. The lowest BCUT2D eigenvalue weighted by Crippen LogP contribution is -2.34. The summed E-state index contributed by atoms with van der Waals surface area (Å²) in [7, 11) is 7.01. The molecule has 0 aliphatic carbocycles. The molecule has 0 N–H and O–H groups in total. The zero-order chi connectivity index (χ0) is 22.2. The number of likely N-dealkylation sites (tertiary alicyclic amines) is 1. The van der Waals surface area contributed by atoms with Crippen LogP contribution in [0.4, 0.5) is 0 Å². The van der Waals surface area contributed by atoms with Gasteiger partial charge in [-0.15, -0.1) is 0 Å². The minimum atomic E-state index is 0.183. The highest BCUT2D eigenvalue weighted by Crippen LogP contribution is 2.32. The van der Waals surface area contributed by atoms with Crippen molar-refractivity contribution in [2.45, 2.75) is 38.6 Å². The summed E-state index contributed by atoms with van der Waals surface area (Å²) in [5.41, 5.74) is 3.82. The fourth-order valence-electron chi connectivity index (χ4n) is 4.32. The summed E-state index contributed by atoms with van der Waals surface area (Å²) >= 11 is 0. The molecule has 1 aliphatic rings. The Morgan fingerprint density at radius 2 is 1.68 bits per heavy atom. The standard InChI is InChI=1S/C26H36N2O3/c1-27(2)25(29)13-12-20-8-10-21(11-9-20)18-22-14-16-28(17-15-22)19-23-6-5-7-24(30-3)26(23)31-4/h5-11,22H,12-19H2,1-4H3. The molecular formula is C26H36N2O3. The van der Waals surface area contributed by atoms with Crippen LogP contribution in [0.1, 0.15) is 36.0 Å². The molecule has 5 nitrogen and oxygen atoms in total. The Bertz CT molecular complexity index is 840. The molecule has 0 aromatic heterocycles. The fraction of sp³-hybridized carbons (Fsp3) is 0.500. The van der Waals surface area contributed by atoms with E-state index < -0.39 is 0 Å². The number of hydrogen-bond donors (Lipinski definition) is 0. The molecule has 0 unspecified atom stereocenters. The van der Waals surface area contributed by atoms with E-state index in [4.69, 9.17) is 9.47 Å². The first-order valence-corrected chi connectivity index (χ1v) is 11.2. The van der Waals surface area contributed by atoms with Crippen molar-refractivity contribution in [1.29, 1.82) is 0 Å². The average Bonchev–Trinajstić information content (AvgIpc) is 2.79. The molecule has 1 saturated heterocycles. The minimum absolute atomic E-state index is 0.183. The number of carbonyl (C=O) groups excluding carboxylic acids is 1. The van der Waals surface area contributed by atoms with Crippen LogP contribution in [0.3, 0.4) is 0 Å². The van der Waals surface area contributed by atoms with E-state index in [2.05, 4.69) is 35.2 Å². The smallest absolute Gasteiger partial charge is 0.222 e. The zero-order valence-corrected chi connectivity index (χ0v) is 19.4. The number of amides is 1. The van der Waals surface area contributed by atoms with Gasteiger partial charge in [0.2, 0.25) is 5.91 Å². The molecule has 1 fully saturated rings. The largest absolute Gasteiger partial charge is 0.493 e. The maximum absolute atomic E-state index is 11.8. The van der Waals surface area contributed by atoms with Gasteiger partial charge in [0, 0.05) is 32.6 Å². The molecular weight excluding hydrogens is 388 g/mol. The molecule has 0 saturated carbocycles. The number of piperidine rings is 1. The SMILES string of the molecule is COc1cccc(CN2CCC(Cc3ccc(CCC(=O)N(C)C)cc3)CC2)c1OC. The maximum Gasteiger partial charge on any atom is 0.222 e. The van der Waals surface area contributed by atoms with E-state index in [1.807, 2.05) is 26.2 Å². The van der Waals surface area contributed by atoms with E-state index in [-0.39, 0.29) is 5.91 Å². The number of ether oxygens (including phenoxy) is 2. The van der Waals surface area contributed by atoms with Gasteiger partial charge in [0.05, 0.1) is 14.2 Å². The number of nitrogens with zero attached hydrogens (tertiary/aromatic N) is 2. The van der Waals surface area contributed by atoms with E-state index >= 15 is 0 Å². The van der Waals surface area contributed by atoms with Crippen LogP contribution in [-0.2, 0) is 24.2 Å². The van der Waals surface area contributed by atoms with Crippen molar-refractivity contribution < 1.29 is 14.3 Å². The van der Waals surface area contributed by atoms with Crippen LogP contribution < -0.4 is 9.47 Å². The third kappa shape index (κ3) is 6.47. The van der Waals surface area contributed by atoms with Gasteiger partial charge in [0.25, 0.3) is 0 Å². The molecule has 1 aliphatic heterocycles. The normalized spacial score (nSPS) is 15.0. The number of carbonyl (C=O) groups is 1. The first kappa shape index (κ1) is 23.1. The zero-order valence-electron chi connectivity index (χ0n) is 19.4. The minimum Gasteiger partial charge on any atom is -0.493 e. The van der Waals surface area contributed by atoms with Crippen molar-refractivity contribution in [1.82, 2.24) is 9.80 Å². The van der Waals surface area contributed by atoms with Gasteiger partial charge in [-0.25, -0.2) is 0 Å². The van der Waals surface area contributed by atoms with Crippen molar-refractivity contribution in [2.24, 2.45) is 5.92 Å². The van der Waals surface area contributed by atoms with E-state index in [0.29, 0.717) is 6.42 Å². The van der Waals surface area contributed by atoms with Gasteiger partial charge in [0.1, 0.15) is 0 Å². The molecule has 0 radical (unpaired) electrons. The molecule has 0 spiro atoms. The second kappa shape index (κ2) is 11.2. The van der Waals surface area contributed by atoms with Crippen molar-refractivity contribution in [3.05, 3.63) is 59.2 Å². The highest BCUT2D eigenvalue weighted by Gasteiger charge is 2.21. The second-order valence-corrected chi connectivity index (χ2v) is 8.68. The van der Waals surface area contributed by atoms with E-state index in [1.165, 1.54) is 29.5 Å². The Hall–Kier alpha value is -2.53. The molecule has 0 atom stereocenters. The predicted molar refractivity (Wildman–Crippen MR) is 125 cm³/mol. The third-order valence-electron chi connectivity index (χ3n) is 6.26. The first-order valence-electron chi connectivity index (χ1n) is 11.2. The Labute approximate surface area is 187 Å². The number of hydrogen-bond acceptors (Lipinski definition) is 4. The Morgan fingerprint density at radius 3 is 2.29 bits per heavy atom. The maximum atomic E-state index is 11.8. The van der Waals surface area contributed by atoms with Gasteiger partial charge in [-0.05, 0) is 61.9 Å². The number of rotatable bonds is 9. The van der Waals surface area contributed by atoms with Crippen molar-refractivity contribution in [2.75, 3.05) is 41.4 Å². The van der Waals surface area contributed by atoms with Crippen LogP contribution in [0, 0.1) is 5.92 Å². The highest BCUT2D eigenvalue weighted by atomic mass is 16.5. The molecule has 2 aromatic rings. The lowest BCUT2D eigenvalue weighted by molar-refractivity contribution is -0.128. The summed E-state index contributed by atoms with van der Waals surface area (Å²) in [4.78, 5) is 15.9. The van der Waals surface area contributed by atoms with Gasteiger partial charge >= 0.3 is 0 Å². The molecule has 1 heterocycles. The molecule has 5 heteroatoms. The quantitative estimate of drug-likeness (QED) is 0.606. The van der Waals surface area contributed by atoms with Crippen LogP contribution in [0.2, 0.25) is 0 Å². The first-order chi connectivity index (χ1) is 15.0. The second-order valence-electron chi connectivity index (χ2n) is 8.68. The molecule has 3 rings (SSSR count). The highest BCUT2D eigenvalue weighted by molar-refractivity contribution is 5.75. The fourth-order valence-corrected chi connectivity index (χ4v) is 4.32. The summed E-state index contributed by atoms with van der Waals surface area (Å²) in [6.07, 6.45) is 4.94. The van der Waals surface area contributed by atoms with Gasteiger partial charge in [-0.2, -0.15) is 0 Å². The molecule has 0 bridgehead atoms. The van der Waals surface area contributed by atoms with Crippen molar-refractivity contribution in [3.8, 4) is 11.5 Å². The molecule has 31 heavy (non-hydrogen) atoms. The van der Waals surface area contributed by atoms with Gasteiger partial charge in [0.15, 0.2) is 11.5 Å².